The maximum Gasteiger partial charge on any atom is 0.0730 e. The van der Waals surface area contributed by atoms with Crippen molar-refractivity contribution >= 4 is 7.85 Å². The zero-order chi connectivity index (χ0) is 7.56. The van der Waals surface area contributed by atoms with E-state index in [9.17, 15) is 0 Å². The minimum absolute atomic E-state index is 0.276. The Kier molecular flexibility index (Phi) is 2.78. The van der Waals surface area contributed by atoms with Crippen LogP contribution in [0.15, 0.2) is 0 Å². The van der Waals surface area contributed by atoms with Crippen LogP contribution in [-0.4, -0.2) is 20.6 Å². The quantitative estimate of drug-likeness (QED) is 0.501. The summed E-state index contributed by atoms with van der Waals surface area (Å²) in [5, 5.41) is 0. The molecule has 0 bridgehead atoms. The van der Waals surface area contributed by atoms with Gasteiger partial charge in [0.2, 0.25) is 0 Å². The van der Waals surface area contributed by atoms with Gasteiger partial charge in [0.15, 0.2) is 0 Å². The predicted octanol–water partition coefficient (Wildman–Crippen LogP) is 1.78. The Morgan fingerprint density at radius 1 is 1.60 bits per heavy atom. The summed E-state index contributed by atoms with van der Waals surface area (Å²) < 4.78 is 5.53. The maximum absolute atomic E-state index is 5.72. The van der Waals surface area contributed by atoms with Gasteiger partial charge in [0, 0.05) is 6.61 Å². The van der Waals surface area contributed by atoms with Crippen LogP contribution in [0.2, 0.25) is 5.82 Å². The molecule has 1 aliphatic heterocycles. The third-order valence-electron chi connectivity index (χ3n) is 2.24. The highest BCUT2D eigenvalue weighted by Crippen LogP contribution is 2.27. The minimum Gasteiger partial charge on any atom is -0.378 e. The summed E-state index contributed by atoms with van der Waals surface area (Å²) >= 11 is 0. The van der Waals surface area contributed by atoms with E-state index in [1.165, 1.54) is 0 Å². The molecule has 1 fully saturated rings. The van der Waals surface area contributed by atoms with Crippen molar-refractivity contribution in [2.75, 3.05) is 6.61 Å². The van der Waals surface area contributed by atoms with E-state index in [1.807, 2.05) is 0 Å². The first-order chi connectivity index (χ1) is 4.74. The topological polar surface area (TPSA) is 9.23 Å². The lowest BCUT2D eigenvalue weighted by Gasteiger charge is -2.32. The molecule has 0 aromatic carbocycles. The molecule has 1 nitrogen and oxygen atoms in total. The molecule has 0 aromatic rings. The lowest BCUT2D eigenvalue weighted by molar-refractivity contribution is -0.0210. The van der Waals surface area contributed by atoms with Crippen molar-refractivity contribution in [3.8, 4) is 0 Å². The molecule has 1 rings (SSSR count). The van der Waals surface area contributed by atoms with Gasteiger partial charge in [0.25, 0.3) is 0 Å². The second-order valence-corrected chi connectivity index (χ2v) is 3.25. The van der Waals surface area contributed by atoms with E-state index in [0.717, 1.165) is 19.4 Å². The molecule has 1 saturated heterocycles. The van der Waals surface area contributed by atoms with Crippen LogP contribution < -0.4 is 0 Å². The molecule has 0 aromatic heterocycles. The molecule has 0 spiro atoms. The van der Waals surface area contributed by atoms with Crippen LogP contribution in [0.5, 0.6) is 0 Å². The molecule has 0 saturated carbocycles. The van der Waals surface area contributed by atoms with E-state index in [1.54, 1.807) is 0 Å². The van der Waals surface area contributed by atoms with Crippen molar-refractivity contribution in [2.45, 2.75) is 38.6 Å². The van der Waals surface area contributed by atoms with Gasteiger partial charge in [0.1, 0.15) is 0 Å². The van der Waals surface area contributed by atoms with Gasteiger partial charge in [-0.15, -0.1) is 0 Å². The molecule has 2 heteroatoms. The summed E-state index contributed by atoms with van der Waals surface area (Å²) in [5.41, 5.74) is 0. The third-order valence-corrected chi connectivity index (χ3v) is 2.24. The second kappa shape index (κ2) is 3.43. The number of hydrogen-bond acceptors (Lipinski definition) is 1. The Labute approximate surface area is 64.6 Å². The minimum atomic E-state index is 0.276. The fourth-order valence-corrected chi connectivity index (χ4v) is 1.63. The van der Waals surface area contributed by atoms with E-state index < -0.39 is 0 Å². The third kappa shape index (κ3) is 1.75. The highest BCUT2D eigenvalue weighted by atomic mass is 16.5. The Hall–Kier alpha value is 0.0249. The summed E-state index contributed by atoms with van der Waals surface area (Å²) in [5.74, 6) is 0.923. The number of rotatable bonds is 1. The molecule has 1 aliphatic rings. The largest absolute Gasteiger partial charge is 0.378 e. The highest BCUT2D eigenvalue weighted by molar-refractivity contribution is 6.11. The van der Waals surface area contributed by atoms with Crippen LogP contribution in [0.3, 0.4) is 0 Å². The zero-order valence-corrected chi connectivity index (χ0v) is 6.84. The monoisotopic (exact) mass is 138 g/mol. The van der Waals surface area contributed by atoms with Gasteiger partial charge < -0.3 is 4.74 Å². The SMILES string of the molecule is [B][C@@H]1CO[C@H](CC)[C@@H](C)C1. The Morgan fingerprint density at radius 2 is 2.30 bits per heavy atom. The normalized spacial score (nSPS) is 41.6. The molecule has 0 amide bonds. The van der Waals surface area contributed by atoms with Gasteiger partial charge >= 0.3 is 0 Å². The first-order valence-corrected chi connectivity index (χ1v) is 4.11. The molecule has 0 unspecified atom stereocenters. The van der Waals surface area contributed by atoms with Crippen LogP contribution in [0.4, 0.5) is 0 Å². The molecule has 0 aliphatic carbocycles. The van der Waals surface area contributed by atoms with Crippen molar-refractivity contribution in [3.05, 3.63) is 0 Å². The lowest BCUT2D eigenvalue weighted by Crippen LogP contribution is -2.30. The van der Waals surface area contributed by atoms with Crippen molar-refractivity contribution in [3.63, 3.8) is 0 Å². The van der Waals surface area contributed by atoms with Gasteiger partial charge in [0.05, 0.1) is 14.0 Å². The predicted molar refractivity (Wildman–Crippen MR) is 43.3 cm³/mol. The highest BCUT2D eigenvalue weighted by Gasteiger charge is 2.23. The van der Waals surface area contributed by atoms with E-state index >= 15 is 0 Å². The van der Waals surface area contributed by atoms with Gasteiger partial charge in [-0.2, -0.15) is 0 Å². The van der Waals surface area contributed by atoms with Gasteiger partial charge in [-0.05, 0) is 12.3 Å². The standard InChI is InChI=1S/C8H15BO/c1-3-8-6(2)4-7(9)5-10-8/h6-8H,3-5H2,1-2H3/t6-,7-,8+/m0/s1. The summed E-state index contributed by atoms with van der Waals surface area (Å²) in [6.45, 7) is 5.13. The Balaban J connectivity index is 2.36. The summed E-state index contributed by atoms with van der Waals surface area (Å²) in [7, 11) is 5.72. The van der Waals surface area contributed by atoms with Crippen LogP contribution in [0.1, 0.15) is 26.7 Å². The Bertz CT molecular complexity index is 105. The first-order valence-electron chi connectivity index (χ1n) is 4.11. The zero-order valence-electron chi connectivity index (χ0n) is 6.84. The van der Waals surface area contributed by atoms with Crippen molar-refractivity contribution < 1.29 is 4.74 Å². The fourth-order valence-electron chi connectivity index (χ4n) is 1.63. The van der Waals surface area contributed by atoms with Crippen LogP contribution in [0.25, 0.3) is 0 Å². The maximum atomic E-state index is 5.72. The van der Waals surface area contributed by atoms with Crippen LogP contribution in [-0.2, 0) is 4.74 Å². The number of ether oxygens (including phenoxy) is 1. The molecule has 0 N–H and O–H groups in total. The average Bonchev–Trinajstić information content (AvgIpc) is 1.88. The summed E-state index contributed by atoms with van der Waals surface area (Å²) in [6.07, 6.45) is 2.70. The van der Waals surface area contributed by atoms with Gasteiger partial charge in [-0.1, -0.05) is 26.1 Å². The molecule has 56 valence electrons. The smallest absolute Gasteiger partial charge is 0.0730 e. The van der Waals surface area contributed by atoms with Crippen molar-refractivity contribution in [1.29, 1.82) is 0 Å². The van der Waals surface area contributed by atoms with Crippen molar-refractivity contribution in [1.82, 2.24) is 0 Å². The van der Waals surface area contributed by atoms with E-state index in [0.29, 0.717) is 12.0 Å². The molecule has 3 atom stereocenters. The van der Waals surface area contributed by atoms with Gasteiger partial charge in [-0.3, -0.25) is 0 Å². The second-order valence-electron chi connectivity index (χ2n) is 3.25. The number of hydrogen-bond donors (Lipinski definition) is 0. The van der Waals surface area contributed by atoms with Crippen LogP contribution >= 0.6 is 0 Å². The molecule has 10 heavy (non-hydrogen) atoms. The molecule has 1 heterocycles. The average molecular weight is 138 g/mol. The fraction of sp³-hybridized carbons (Fsp3) is 1.00. The van der Waals surface area contributed by atoms with Crippen LogP contribution in [0, 0.1) is 5.92 Å². The Morgan fingerprint density at radius 3 is 2.80 bits per heavy atom. The van der Waals surface area contributed by atoms with E-state index in [2.05, 4.69) is 13.8 Å². The summed E-state index contributed by atoms with van der Waals surface area (Å²) in [4.78, 5) is 0. The van der Waals surface area contributed by atoms with Crippen molar-refractivity contribution in [2.24, 2.45) is 5.92 Å². The van der Waals surface area contributed by atoms with E-state index in [-0.39, 0.29) is 5.82 Å². The molecular weight excluding hydrogens is 123 g/mol. The lowest BCUT2D eigenvalue weighted by atomic mass is 9.77. The van der Waals surface area contributed by atoms with E-state index in [4.69, 9.17) is 12.6 Å². The van der Waals surface area contributed by atoms with Gasteiger partial charge in [-0.25, -0.2) is 0 Å². The first kappa shape index (κ1) is 8.12. The summed E-state index contributed by atoms with van der Waals surface area (Å²) in [6, 6.07) is 0. The molecule has 2 radical (unpaired) electrons. The molecular formula is C8H15BO.